The average molecular weight is 2190 g/mol. The lowest BCUT2D eigenvalue weighted by atomic mass is 9.88. The first kappa shape index (κ1) is 126. The zero-order valence-corrected chi connectivity index (χ0v) is 88.2. The topological polar surface area (TPSA) is 624 Å². The first-order valence-electron chi connectivity index (χ1n) is 48.9. The monoisotopic (exact) mass is 2190 g/mol. The smallest absolute Gasteiger partial charge is 0.462 e. The number of fused-ring (bicyclic) bond motifs is 1. The third-order valence-electron chi connectivity index (χ3n) is 24.2. The quantitative estimate of drug-likeness (QED) is 0.0103. The van der Waals surface area contributed by atoms with Crippen molar-refractivity contribution in [1.29, 1.82) is 0 Å². The van der Waals surface area contributed by atoms with Crippen LogP contribution >= 0.6 is 38.2 Å². The number of rotatable bonds is 55. The van der Waals surface area contributed by atoms with E-state index < -0.39 is 292 Å². The summed E-state index contributed by atoms with van der Waals surface area (Å²) < 4.78 is 139. The molecular weight excluding hydrogens is 2040 g/mol. The van der Waals surface area contributed by atoms with Crippen LogP contribution < -0.4 is 21.3 Å². The largest absolute Gasteiger partial charge is 0.475 e. The van der Waals surface area contributed by atoms with Crippen molar-refractivity contribution in [2.24, 2.45) is 17.8 Å². The Bertz CT molecular complexity index is 4320. The van der Waals surface area contributed by atoms with Crippen molar-refractivity contribution in [3.8, 4) is 0 Å². The Morgan fingerprint density at radius 3 is 1.25 bits per heavy atom. The molecule has 10 unspecified atom stereocenters. The van der Waals surface area contributed by atoms with E-state index >= 15 is 0 Å². The van der Waals surface area contributed by atoms with Crippen LogP contribution in [0.1, 0.15) is 249 Å². The number of alkyl halides is 1. The number of amides is 4. The summed E-state index contributed by atoms with van der Waals surface area (Å²) in [6.45, 7) is 22.6. The summed E-state index contributed by atoms with van der Waals surface area (Å²) >= 11 is 2.15. The highest BCUT2D eigenvalue weighted by molar-refractivity contribution is 14.1. The van der Waals surface area contributed by atoms with Gasteiger partial charge in [-0.2, -0.15) is 0 Å². The minimum atomic E-state index is -5.50. The van der Waals surface area contributed by atoms with Gasteiger partial charge in [0.25, 0.3) is 0 Å². The first-order valence-corrected chi connectivity index (χ1v) is 54.1. The number of esters is 8. The summed E-state index contributed by atoms with van der Waals surface area (Å²) in [5, 5.41) is 75.2. The Morgan fingerprint density at radius 1 is 0.427 bits per heavy atom. The summed E-state index contributed by atoms with van der Waals surface area (Å²) in [5.41, 5.74) is 2.15. The minimum Gasteiger partial charge on any atom is -0.462 e. The van der Waals surface area contributed by atoms with E-state index in [4.69, 9.17) is 89.1 Å². The van der Waals surface area contributed by atoms with Crippen LogP contribution in [0.15, 0.2) is 54.6 Å². The molecule has 0 spiro atoms. The van der Waals surface area contributed by atoms with Crippen molar-refractivity contribution < 1.29 is 196 Å². The second-order valence-electron chi connectivity index (χ2n) is 35.3. The van der Waals surface area contributed by atoms with Gasteiger partial charge in [0.15, 0.2) is 43.5 Å². The number of aliphatic hydroxyl groups is 6. The van der Waals surface area contributed by atoms with Gasteiger partial charge in [0.1, 0.15) is 91.3 Å². The van der Waals surface area contributed by atoms with Gasteiger partial charge in [0.05, 0.1) is 103 Å². The van der Waals surface area contributed by atoms with E-state index in [1.54, 1.807) is 86.6 Å². The molecule has 4 fully saturated rings. The van der Waals surface area contributed by atoms with Crippen LogP contribution in [-0.2, 0) is 176 Å². The van der Waals surface area contributed by atoms with Gasteiger partial charge >= 0.3 is 63.4 Å². The van der Waals surface area contributed by atoms with Gasteiger partial charge in [-0.1, -0.05) is 194 Å². The van der Waals surface area contributed by atoms with Crippen molar-refractivity contribution >= 4 is 110 Å². The van der Waals surface area contributed by atoms with Crippen LogP contribution in [-0.4, -0.2) is 296 Å². The SMILES string of the molecule is CCC(=O)O[C@H](CC)CC(=O)NC1[C@H](OCC2OC(O)C(NC(=O)C[C@H](C)CC)[C@@H](OC(=O)C[C@H](C)CC)[C@@H]2C)OC(COCc2ccccc2)[C@@H](OP2(=O)OCc3ccccc3CO2)[C@@H]1OC(=O)C[C@@H](CC)OC(=O)CC.CCC(=O)O[C@H](CC)CC(=O)NC1[C@H](OCC2OC(O)C(NC(=O)C[C@H](O)CC)[C@@H](OC(=O)C[C@H](O)CC)[C@@H]2O)OC(CO)[C@@H](OP(=O)(O)O)[C@@H]1OC(=O)C[C@@H](CC)OC(=O)CC.CI. The highest BCUT2D eigenvalue weighted by Gasteiger charge is 2.58. The van der Waals surface area contributed by atoms with Crippen LogP contribution in [0.3, 0.4) is 0 Å². The zero-order valence-electron chi connectivity index (χ0n) is 84.3. The van der Waals surface area contributed by atoms with Crippen LogP contribution in [0.2, 0.25) is 0 Å². The second-order valence-corrected chi connectivity index (χ2v) is 38.1. The molecule has 143 heavy (non-hydrogen) atoms. The molecule has 4 saturated heterocycles. The second kappa shape index (κ2) is 64.7. The van der Waals surface area contributed by atoms with Gasteiger partial charge < -0.3 is 133 Å². The Morgan fingerprint density at radius 2 is 0.804 bits per heavy atom. The standard InChI is InChI=1S/C56H83N2O19P.C38H65N2O22P.CH3I/c1-10-34(7)25-44(59)57-50-52(75-48(63)26-35(8)11-2)36(9)42(73-55(50)65)33-68-56-51(58-45(60)27-40(12-3)71-46(61)14-5)54(76-49(64)28-41(13-4)72-47(62)15-6)53(43(74-56)32-67-29-37-21-17-16-18-22-37)77-78(66)69-30-38-23-19-20-24-39(38)31-70-78;1-7-19(42)13-25(44)39-31-35(60-29(48)14-20(43)8-2)33(50)24(58-37(31)51)18-55-38-32(40-26(45)15-21(9-3)56-27(46)11-5)36(34(23(17-41)59-38)62-63(52,53)54)61-30(49)16-22(10-4)57-28(47)12-6;1-2/h16-24,34-36,40-43,50-56,65H,10-15,25-33H2,1-9H3,(H,57,59)(H,58,60);19-24,31-38,41-43,50-51H,7-18H2,1-6H3,(H,39,44)(H,40,45)(H2,52,53,54);1H3/t34-,35-,36-,40-,41-,42?,43?,50?,51?,52+,53-,54-,55?,56-;19-,20-,21-,22-,23?,24?,31?,32?,33-,34-,35-,36-,37?,38-;/m11./s1. The fourth-order valence-electron chi connectivity index (χ4n) is 15.3. The van der Waals surface area contributed by atoms with Crippen molar-refractivity contribution in [3.63, 3.8) is 0 Å². The van der Waals surface area contributed by atoms with Crippen LogP contribution in [0.25, 0.3) is 0 Å². The van der Waals surface area contributed by atoms with Crippen LogP contribution in [0.4, 0.5) is 0 Å². The highest BCUT2D eigenvalue weighted by Crippen LogP contribution is 2.56. The van der Waals surface area contributed by atoms with Crippen molar-refractivity contribution in [2.75, 3.05) is 31.4 Å². The maximum atomic E-state index is 14.9. The van der Waals surface area contributed by atoms with Gasteiger partial charge in [0, 0.05) is 44.4 Å². The molecule has 0 saturated carbocycles. The Hall–Kier alpha value is -7.49. The number of carbonyl (C=O) groups excluding carboxylic acids is 12. The molecule has 12 N–H and O–H groups in total. The lowest BCUT2D eigenvalue weighted by Crippen LogP contribution is -2.68. The number of halogens is 1. The summed E-state index contributed by atoms with van der Waals surface area (Å²) in [6.07, 6.45) is -31.3. The molecule has 0 aliphatic carbocycles. The fourth-order valence-corrected chi connectivity index (χ4v) is 17.2. The molecule has 48 heteroatoms. The van der Waals surface area contributed by atoms with E-state index in [-0.39, 0.29) is 128 Å². The molecule has 814 valence electrons. The molecule has 5 heterocycles. The van der Waals surface area contributed by atoms with Crippen molar-refractivity contribution in [1.82, 2.24) is 21.3 Å². The van der Waals surface area contributed by atoms with Gasteiger partial charge in [-0.25, -0.2) is 9.13 Å². The number of nitrogens with one attached hydrogen (secondary N) is 4. The number of carbonyl (C=O) groups is 12. The van der Waals surface area contributed by atoms with E-state index in [1.165, 1.54) is 13.8 Å². The highest BCUT2D eigenvalue weighted by atomic mass is 127. The predicted molar refractivity (Wildman–Crippen MR) is 512 cm³/mol. The normalized spacial score (nSPS) is 26.8. The third-order valence-corrected chi connectivity index (χ3v) is 26.2. The van der Waals surface area contributed by atoms with Gasteiger partial charge in [0.2, 0.25) is 23.6 Å². The molecule has 5 aliphatic rings. The Kier molecular flexibility index (Phi) is 57.0. The fraction of sp³-hybridized carbons (Fsp3) is 0.747. The molecule has 2 aromatic rings. The summed E-state index contributed by atoms with van der Waals surface area (Å²) in [6, 6.07) is 10.2. The van der Waals surface area contributed by atoms with E-state index in [2.05, 4.69) is 43.9 Å². The summed E-state index contributed by atoms with van der Waals surface area (Å²) in [4.78, 5) is 179. The van der Waals surface area contributed by atoms with Crippen LogP contribution in [0.5, 0.6) is 0 Å². The number of hydrogen-bond donors (Lipinski definition) is 12. The maximum absolute atomic E-state index is 14.9. The molecule has 5 aliphatic heterocycles. The maximum Gasteiger partial charge on any atom is 0.475 e. The van der Waals surface area contributed by atoms with Crippen LogP contribution in [0, 0.1) is 17.8 Å². The van der Waals surface area contributed by atoms with Gasteiger partial charge in [-0.3, -0.25) is 75.6 Å². The number of phosphoric acid groups is 2. The minimum absolute atomic E-state index is 0.0155. The van der Waals surface area contributed by atoms with E-state index in [1.807, 2.05) is 63.0 Å². The molecular formula is C95H151IN4O41P2. The molecule has 0 radical (unpaired) electrons. The number of ether oxygens (including phenoxy) is 15. The number of aliphatic hydroxyl groups excluding tert-OH is 6. The lowest BCUT2D eigenvalue weighted by molar-refractivity contribution is -0.298. The summed E-state index contributed by atoms with van der Waals surface area (Å²) in [5.74, 6) is -9.52. The Labute approximate surface area is 848 Å². The van der Waals surface area contributed by atoms with Crippen molar-refractivity contribution in [2.45, 2.75) is 405 Å². The van der Waals surface area contributed by atoms with E-state index in [9.17, 15) is 107 Å². The molecule has 0 aromatic heterocycles. The molecule has 2 aromatic carbocycles. The van der Waals surface area contributed by atoms with E-state index in [0.29, 0.717) is 17.5 Å². The first-order chi connectivity index (χ1) is 67.9. The third kappa shape index (κ3) is 42.6. The van der Waals surface area contributed by atoms with Crippen molar-refractivity contribution in [3.05, 3.63) is 71.3 Å². The molecule has 45 nitrogen and oxygen atoms in total. The number of benzene rings is 2. The van der Waals surface area contributed by atoms with Gasteiger partial charge in [-0.15, -0.1) is 0 Å². The van der Waals surface area contributed by atoms with Gasteiger partial charge in [-0.05, 0) is 72.0 Å². The van der Waals surface area contributed by atoms with E-state index in [0.717, 1.165) is 12.0 Å². The molecule has 28 atom stereocenters. The zero-order chi connectivity index (χ0) is 107. The average Bonchev–Trinajstić information content (AvgIpc) is 1.41. The molecule has 7 rings (SSSR count). The molecule has 4 amide bonds. The summed E-state index contributed by atoms with van der Waals surface area (Å²) in [7, 11) is -10.1. The molecule has 0 bridgehead atoms. The number of hydrogen-bond acceptors (Lipinski definition) is 39. The predicted octanol–water partition coefficient (Wildman–Crippen LogP) is 7.13. The lowest BCUT2D eigenvalue weighted by Gasteiger charge is -2.47. The number of phosphoric ester groups is 2. The Balaban J connectivity index is 0.000000507.